The Hall–Kier alpha value is -2.41. The molecule has 3 aromatic heterocycles. The van der Waals surface area contributed by atoms with Crippen molar-refractivity contribution in [2.45, 2.75) is 33.5 Å². The molecule has 1 aliphatic heterocycles. The lowest BCUT2D eigenvalue weighted by Crippen LogP contribution is -2.33. The first-order valence-corrected chi connectivity index (χ1v) is 7.32. The number of aromatic nitrogens is 4. The van der Waals surface area contributed by atoms with Gasteiger partial charge in [-0.15, -0.1) is 0 Å². The van der Waals surface area contributed by atoms with Crippen LogP contribution >= 0.6 is 0 Å². The minimum Gasteiger partial charge on any atom is -0.461 e. The maximum atomic E-state index is 5.32. The summed E-state index contributed by atoms with van der Waals surface area (Å²) in [7, 11) is 0. The van der Waals surface area contributed by atoms with E-state index in [-0.39, 0.29) is 0 Å². The van der Waals surface area contributed by atoms with Crippen molar-refractivity contribution in [2.24, 2.45) is 0 Å². The predicted octanol–water partition coefficient (Wildman–Crippen LogP) is 2.16. The molecule has 0 saturated heterocycles. The number of hydrogen-bond donors (Lipinski definition) is 0. The number of hydrogen-bond acceptors (Lipinski definition) is 6. The Balaban J connectivity index is 1.48. The third-order valence-corrected chi connectivity index (χ3v) is 4.11. The first kappa shape index (κ1) is 13.3. The van der Waals surface area contributed by atoms with Gasteiger partial charge in [-0.25, -0.2) is 4.98 Å². The zero-order valence-electron chi connectivity index (χ0n) is 12.6. The molecule has 7 heteroatoms. The van der Waals surface area contributed by atoms with Gasteiger partial charge in [-0.2, -0.15) is 4.98 Å². The van der Waals surface area contributed by atoms with Crippen LogP contribution in [0.5, 0.6) is 0 Å². The van der Waals surface area contributed by atoms with Crippen LogP contribution in [0.2, 0.25) is 0 Å². The average molecular weight is 299 g/mol. The van der Waals surface area contributed by atoms with E-state index >= 15 is 0 Å². The zero-order chi connectivity index (χ0) is 15.1. The SMILES string of the molecule is Cc1nc2n(c1C)CCN(Cc1nc(-c3ccco3)no1)C2. The summed E-state index contributed by atoms with van der Waals surface area (Å²) in [5.74, 6) is 2.81. The highest BCUT2D eigenvalue weighted by atomic mass is 16.5. The highest BCUT2D eigenvalue weighted by Crippen LogP contribution is 2.20. The molecule has 0 aromatic carbocycles. The summed E-state index contributed by atoms with van der Waals surface area (Å²) in [5.41, 5.74) is 2.36. The Morgan fingerprint density at radius 1 is 1.23 bits per heavy atom. The highest BCUT2D eigenvalue weighted by Gasteiger charge is 2.22. The predicted molar refractivity (Wildman–Crippen MR) is 77.8 cm³/mol. The number of rotatable bonds is 3. The lowest BCUT2D eigenvalue weighted by molar-refractivity contribution is 0.182. The van der Waals surface area contributed by atoms with Gasteiger partial charge in [-0.1, -0.05) is 5.16 Å². The molecule has 0 fully saturated rings. The molecule has 0 unspecified atom stereocenters. The molecule has 0 radical (unpaired) electrons. The van der Waals surface area contributed by atoms with Gasteiger partial charge in [0, 0.05) is 18.8 Å². The lowest BCUT2D eigenvalue weighted by Gasteiger charge is -2.26. The summed E-state index contributed by atoms with van der Waals surface area (Å²) in [6.07, 6.45) is 1.60. The zero-order valence-corrected chi connectivity index (χ0v) is 12.6. The third-order valence-electron chi connectivity index (χ3n) is 4.11. The first-order valence-electron chi connectivity index (χ1n) is 7.32. The molecule has 4 heterocycles. The van der Waals surface area contributed by atoms with E-state index in [4.69, 9.17) is 8.94 Å². The van der Waals surface area contributed by atoms with Crippen molar-refractivity contribution < 1.29 is 8.94 Å². The van der Waals surface area contributed by atoms with Crippen molar-refractivity contribution in [3.63, 3.8) is 0 Å². The molecule has 22 heavy (non-hydrogen) atoms. The molecule has 1 aliphatic rings. The van der Waals surface area contributed by atoms with Gasteiger partial charge in [0.2, 0.25) is 11.7 Å². The average Bonchev–Trinajstić information content (AvgIpc) is 3.21. The largest absolute Gasteiger partial charge is 0.461 e. The number of furan rings is 1. The fourth-order valence-corrected chi connectivity index (χ4v) is 2.81. The van der Waals surface area contributed by atoms with Crippen LogP contribution in [0, 0.1) is 13.8 Å². The molecule has 0 spiro atoms. The van der Waals surface area contributed by atoms with Gasteiger partial charge in [0.15, 0.2) is 5.76 Å². The number of imidazole rings is 1. The molecule has 0 bridgehead atoms. The van der Waals surface area contributed by atoms with Crippen molar-refractivity contribution in [3.8, 4) is 11.6 Å². The summed E-state index contributed by atoms with van der Waals surface area (Å²) in [5, 5.41) is 3.96. The van der Waals surface area contributed by atoms with Gasteiger partial charge in [-0.05, 0) is 26.0 Å². The van der Waals surface area contributed by atoms with Gasteiger partial charge in [0.25, 0.3) is 0 Å². The second-order valence-corrected chi connectivity index (χ2v) is 5.55. The summed E-state index contributed by atoms with van der Waals surface area (Å²) in [4.78, 5) is 11.3. The van der Waals surface area contributed by atoms with Crippen molar-refractivity contribution in [1.29, 1.82) is 0 Å². The van der Waals surface area contributed by atoms with E-state index in [1.54, 1.807) is 12.3 Å². The minimum atomic E-state index is 0.491. The lowest BCUT2D eigenvalue weighted by atomic mass is 10.3. The smallest absolute Gasteiger partial charge is 0.241 e. The van der Waals surface area contributed by atoms with Crippen molar-refractivity contribution >= 4 is 0 Å². The maximum Gasteiger partial charge on any atom is 0.241 e. The molecular formula is C15H17N5O2. The fourth-order valence-electron chi connectivity index (χ4n) is 2.81. The molecular weight excluding hydrogens is 282 g/mol. The highest BCUT2D eigenvalue weighted by molar-refractivity contribution is 5.44. The van der Waals surface area contributed by atoms with Crippen molar-refractivity contribution in [3.05, 3.63) is 41.5 Å². The van der Waals surface area contributed by atoms with Crippen molar-refractivity contribution in [1.82, 2.24) is 24.6 Å². The van der Waals surface area contributed by atoms with Crippen LogP contribution < -0.4 is 0 Å². The van der Waals surface area contributed by atoms with Gasteiger partial charge in [-0.3, -0.25) is 4.90 Å². The molecule has 0 saturated carbocycles. The molecule has 0 atom stereocenters. The van der Waals surface area contributed by atoms with Crippen LogP contribution in [0.25, 0.3) is 11.6 Å². The molecule has 114 valence electrons. The summed E-state index contributed by atoms with van der Waals surface area (Å²) in [6.45, 7) is 7.49. The van der Waals surface area contributed by atoms with Crippen LogP contribution in [0.3, 0.4) is 0 Å². The third kappa shape index (κ3) is 2.23. The standard InChI is InChI=1S/C15H17N5O2/c1-10-11(2)20-6-5-19(8-13(20)16-10)9-14-17-15(18-22-14)12-4-3-7-21-12/h3-4,7H,5-6,8-9H2,1-2H3. The molecule has 0 N–H and O–H groups in total. The molecule has 7 nitrogen and oxygen atoms in total. The Labute approximate surface area is 127 Å². The normalized spacial score (nSPS) is 15.2. The van der Waals surface area contributed by atoms with Gasteiger partial charge in [0.05, 0.1) is 25.0 Å². The Morgan fingerprint density at radius 3 is 2.95 bits per heavy atom. The minimum absolute atomic E-state index is 0.491. The summed E-state index contributed by atoms with van der Waals surface area (Å²) < 4.78 is 12.9. The number of aryl methyl sites for hydroxylation is 1. The van der Waals surface area contributed by atoms with Crippen LogP contribution in [-0.4, -0.2) is 31.1 Å². The quantitative estimate of drug-likeness (QED) is 0.738. The van der Waals surface area contributed by atoms with E-state index in [2.05, 4.69) is 38.4 Å². The topological polar surface area (TPSA) is 73.1 Å². The van der Waals surface area contributed by atoms with Crippen LogP contribution in [-0.2, 0) is 19.6 Å². The number of fused-ring (bicyclic) bond motifs is 1. The van der Waals surface area contributed by atoms with E-state index in [9.17, 15) is 0 Å². The molecule has 4 rings (SSSR count). The van der Waals surface area contributed by atoms with Gasteiger partial charge >= 0.3 is 0 Å². The van der Waals surface area contributed by atoms with Gasteiger partial charge in [0.1, 0.15) is 5.82 Å². The van der Waals surface area contributed by atoms with E-state index in [0.29, 0.717) is 24.0 Å². The van der Waals surface area contributed by atoms with E-state index < -0.39 is 0 Å². The Morgan fingerprint density at radius 2 is 2.14 bits per heavy atom. The second kappa shape index (κ2) is 5.10. The Bertz CT molecular complexity index is 787. The molecule has 0 amide bonds. The summed E-state index contributed by atoms with van der Waals surface area (Å²) in [6, 6.07) is 3.62. The van der Waals surface area contributed by atoms with Crippen molar-refractivity contribution in [2.75, 3.05) is 6.54 Å². The Kier molecular flexibility index (Phi) is 3.07. The van der Waals surface area contributed by atoms with E-state index in [1.807, 2.05) is 6.07 Å². The van der Waals surface area contributed by atoms with Crippen LogP contribution in [0.1, 0.15) is 23.1 Å². The maximum absolute atomic E-state index is 5.32. The molecule has 0 aliphatic carbocycles. The number of nitrogens with zero attached hydrogens (tertiary/aromatic N) is 5. The monoisotopic (exact) mass is 299 g/mol. The van der Waals surface area contributed by atoms with Crippen LogP contribution in [0.15, 0.2) is 27.3 Å². The van der Waals surface area contributed by atoms with Gasteiger partial charge < -0.3 is 13.5 Å². The first-order chi connectivity index (χ1) is 10.7. The van der Waals surface area contributed by atoms with E-state index in [0.717, 1.165) is 31.2 Å². The summed E-state index contributed by atoms with van der Waals surface area (Å²) >= 11 is 0. The second-order valence-electron chi connectivity index (χ2n) is 5.55. The molecule has 3 aromatic rings. The fraction of sp³-hybridized carbons (Fsp3) is 0.400. The van der Waals surface area contributed by atoms with Crippen LogP contribution in [0.4, 0.5) is 0 Å². The van der Waals surface area contributed by atoms with E-state index in [1.165, 1.54) is 5.69 Å².